The molecule has 0 spiro atoms. The molecule has 1 aliphatic heterocycles. The van der Waals surface area contributed by atoms with E-state index in [0.29, 0.717) is 11.3 Å². The van der Waals surface area contributed by atoms with Gasteiger partial charge in [-0.25, -0.2) is 4.39 Å². The molecule has 178 valence electrons. The summed E-state index contributed by atoms with van der Waals surface area (Å²) in [6.07, 6.45) is 7.73. The Kier molecular flexibility index (Phi) is 6.86. The Labute approximate surface area is 195 Å². The second-order valence-electron chi connectivity index (χ2n) is 10.0. The minimum atomic E-state index is -1.17. The van der Waals surface area contributed by atoms with Crippen LogP contribution >= 0.6 is 0 Å². The molecule has 1 aromatic heterocycles. The Hall–Kier alpha value is -2.70. The van der Waals surface area contributed by atoms with Crippen LogP contribution in [0, 0.1) is 5.82 Å². The summed E-state index contributed by atoms with van der Waals surface area (Å²) in [5.74, 6) is -0.704. The molecule has 6 nitrogen and oxygen atoms in total. The molecule has 33 heavy (non-hydrogen) atoms. The number of hydrogen-bond acceptors (Lipinski definition) is 3. The summed E-state index contributed by atoms with van der Waals surface area (Å²) in [5, 5.41) is 7.87. The molecule has 1 unspecified atom stereocenters. The number of aromatic nitrogens is 2. The first-order valence-electron chi connectivity index (χ1n) is 12.2. The lowest BCUT2D eigenvalue weighted by Crippen LogP contribution is -2.64. The van der Waals surface area contributed by atoms with E-state index >= 15 is 0 Å². The molecule has 7 heteroatoms. The number of carbonyl (C=O) groups is 2. The Morgan fingerprint density at radius 1 is 1.18 bits per heavy atom. The van der Waals surface area contributed by atoms with Crippen LogP contribution in [0.4, 0.5) is 4.39 Å². The van der Waals surface area contributed by atoms with E-state index in [4.69, 9.17) is 0 Å². The molecule has 0 bridgehead atoms. The van der Waals surface area contributed by atoms with Gasteiger partial charge < -0.3 is 10.2 Å². The molecule has 2 aliphatic rings. The normalized spacial score (nSPS) is 22.1. The van der Waals surface area contributed by atoms with E-state index < -0.39 is 5.54 Å². The molecule has 0 saturated heterocycles. The molecule has 1 aromatic carbocycles. The number of nitrogens with one attached hydrogen (secondary N) is 1. The van der Waals surface area contributed by atoms with Crippen molar-refractivity contribution in [1.29, 1.82) is 0 Å². The van der Waals surface area contributed by atoms with Crippen LogP contribution in [-0.4, -0.2) is 38.1 Å². The van der Waals surface area contributed by atoms with Crippen molar-refractivity contribution in [2.24, 2.45) is 0 Å². The van der Waals surface area contributed by atoms with Crippen LogP contribution in [0.2, 0.25) is 0 Å². The van der Waals surface area contributed by atoms with Crippen molar-refractivity contribution in [2.75, 3.05) is 0 Å². The van der Waals surface area contributed by atoms with Crippen molar-refractivity contribution in [3.63, 3.8) is 0 Å². The highest BCUT2D eigenvalue weighted by Gasteiger charge is 2.48. The number of rotatable bonds is 5. The zero-order valence-electron chi connectivity index (χ0n) is 19.9. The highest BCUT2D eigenvalue weighted by Crippen LogP contribution is 2.31. The average Bonchev–Trinajstić information content (AvgIpc) is 3.18. The van der Waals surface area contributed by atoms with Crippen molar-refractivity contribution in [2.45, 2.75) is 96.3 Å². The molecular formula is C26H35FN4O2. The zero-order chi connectivity index (χ0) is 23.6. The summed E-state index contributed by atoms with van der Waals surface area (Å²) in [4.78, 5) is 28.9. The molecule has 0 radical (unpaired) electrons. The second kappa shape index (κ2) is 9.65. The predicted octanol–water partition coefficient (Wildman–Crippen LogP) is 4.79. The number of fused-ring (bicyclic) bond motifs is 1. The Bertz CT molecular complexity index is 1010. The van der Waals surface area contributed by atoms with Crippen LogP contribution in [0.15, 0.2) is 30.3 Å². The Balaban J connectivity index is 1.67. The van der Waals surface area contributed by atoms with Crippen LogP contribution < -0.4 is 5.32 Å². The van der Waals surface area contributed by atoms with Gasteiger partial charge in [-0.05, 0) is 37.8 Å². The van der Waals surface area contributed by atoms with E-state index in [1.54, 1.807) is 35.9 Å². The summed E-state index contributed by atoms with van der Waals surface area (Å²) in [6.45, 7) is 6.10. The molecule has 1 saturated carbocycles. The molecule has 1 fully saturated rings. The van der Waals surface area contributed by atoms with E-state index in [0.717, 1.165) is 31.4 Å². The number of nitrogens with zero attached hydrogens (tertiary/aromatic N) is 3. The molecule has 2 amide bonds. The molecule has 1 aliphatic carbocycles. The number of hydrogen-bond donors (Lipinski definition) is 1. The quantitative estimate of drug-likeness (QED) is 0.706. The highest BCUT2D eigenvalue weighted by atomic mass is 19.1. The summed E-state index contributed by atoms with van der Waals surface area (Å²) in [6, 6.07) is 8.33. The van der Waals surface area contributed by atoms with Gasteiger partial charge in [0.15, 0.2) is 0 Å². The number of halogens is 1. The number of benzene rings is 1. The molecule has 1 atom stereocenters. The first kappa shape index (κ1) is 23.5. The third kappa shape index (κ3) is 4.82. The Morgan fingerprint density at radius 3 is 2.52 bits per heavy atom. The van der Waals surface area contributed by atoms with Crippen LogP contribution in [0.5, 0.6) is 0 Å². The van der Waals surface area contributed by atoms with Crippen LogP contribution in [-0.2, 0) is 17.9 Å². The van der Waals surface area contributed by atoms with Crippen LogP contribution in [0.3, 0.4) is 0 Å². The van der Waals surface area contributed by atoms with Gasteiger partial charge in [0.1, 0.15) is 17.1 Å². The maximum atomic E-state index is 14.5. The van der Waals surface area contributed by atoms with Gasteiger partial charge >= 0.3 is 0 Å². The van der Waals surface area contributed by atoms with E-state index in [1.807, 2.05) is 13.8 Å². The first-order valence-corrected chi connectivity index (χ1v) is 12.2. The van der Waals surface area contributed by atoms with E-state index in [9.17, 15) is 14.0 Å². The first-order chi connectivity index (χ1) is 15.8. The summed E-state index contributed by atoms with van der Waals surface area (Å²) in [7, 11) is 0. The minimum Gasteiger partial charge on any atom is -0.351 e. The molecular weight excluding hydrogens is 419 g/mol. The standard InChI is InChI=1S/C26H35FN4O2/c1-18(2)22-15-23-24(32)30(16-19-11-9-10-14-21(19)27)26(3,17-31(23)29-22)25(33)28-20-12-7-5-4-6-8-13-20/h9-11,14-15,18,20H,4-8,12-13,16-17H2,1-3H3,(H,28,33). The van der Waals surface area contributed by atoms with Gasteiger partial charge in [0.25, 0.3) is 5.91 Å². The van der Waals surface area contributed by atoms with Gasteiger partial charge in [-0.15, -0.1) is 0 Å². The number of carbonyl (C=O) groups excluding carboxylic acids is 2. The van der Waals surface area contributed by atoms with Crippen molar-refractivity contribution in [3.8, 4) is 0 Å². The van der Waals surface area contributed by atoms with Gasteiger partial charge in [0, 0.05) is 11.6 Å². The minimum absolute atomic E-state index is 0.0300. The van der Waals surface area contributed by atoms with Gasteiger partial charge in [-0.1, -0.05) is 64.2 Å². The fraction of sp³-hybridized carbons (Fsp3) is 0.577. The molecule has 1 N–H and O–H groups in total. The maximum absolute atomic E-state index is 14.5. The van der Waals surface area contributed by atoms with Crippen molar-refractivity contribution in [1.82, 2.24) is 20.0 Å². The maximum Gasteiger partial charge on any atom is 0.273 e. The van der Waals surface area contributed by atoms with Crippen LogP contribution in [0.25, 0.3) is 0 Å². The number of amides is 2. The SMILES string of the molecule is CC(C)c1cc2n(n1)CC(C)(C(=O)NC1CCCCCCC1)N(Cc1ccccc1F)C2=O. The predicted molar refractivity (Wildman–Crippen MR) is 125 cm³/mol. The van der Waals surface area contributed by atoms with Gasteiger partial charge in [0.05, 0.1) is 18.8 Å². The molecule has 2 aromatic rings. The molecule has 2 heterocycles. The van der Waals surface area contributed by atoms with Crippen LogP contribution in [0.1, 0.15) is 93.4 Å². The highest BCUT2D eigenvalue weighted by molar-refractivity contribution is 5.99. The van der Waals surface area contributed by atoms with E-state index in [2.05, 4.69) is 10.4 Å². The van der Waals surface area contributed by atoms with Gasteiger partial charge in [-0.3, -0.25) is 14.3 Å². The average molecular weight is 455 g/mol. The third-order valence-corrected chi connectivity index (χ3v) is 7.12. The lowest BCUT2D eigenvalue weighted by molar-refractivity contribution is -0.134. The van der Waals surface area contributed by atoms with Crippen molar-refractivity contribution >= 4 is 11.8 Å². The Morgan fingerprint density at radius 2 is 1.85 bits per heavy atom. The van der Waals surface area contributed by atoms with Gasteiger partial charge in [0.2, 0.25) is 5.91 Å². The fourth-order valence-electron chi connectivity index (χ4n) is 4.93. The van der Waals surface area contributed by atoms with Crippen molar-refractivity contribution in [3.05, 3.63) is 53.1 Å². The summed E-state index contributed by atoms with van der Waals surface area (Å²) in [5.41, 5.74) is 0.489. The topological polar surface area (TPSA) is 67.2 Å². The monoisotopic (exact) mass is 454 g/mol. The van der Waals surface area contributed by atoms with Crippen molar-refractivity contribution < 1.29 is 14.0 Å². The largest absolute Gasteiger partial charge is 0.351 e. The smallest absolute Gasteiger partial charge is 0.273 e. The van der Waals surface area contributed by atoms with E-state index in [-0.39, 0.29) is 42.7 Å². The third-order valence-electron chi connectivity index (χ3n) is 7.12. The van der Waals surface area contributed by atoms with Gasteiger partial charge in [-0.2, -0.15) is 5.10 Å². The lowest BCUT2D eigenvalue weighted by Gasteiger charge is -2.44. The lowest BCUT2D eigenvalue weighted by atomic mass is 9.91. The summed E-state index contributed by atoms with van der Waals surface area (Å²) >= 11 is 0. The zero-order valence-corrected chi connectivity index (χ0v) is 19.9. The fourth-order valence-corrected chi connectivity index (χ4v) is 4.93. The van der Waals surface area contributed by atoms with E-state index in [1.165, 1.54) is 30.2 Å². The second-order valence-corrected chi connectivity index (χ2v) is 10.0. The summed E-state index contributed by atoms with van der Waals surface area (Å²) < 4.78 is 16.2. The molecule has 4 rings (SSSR count).